The molecular formula is C17H11Cl2NO2. The quantitative estimate of drug-likeness (QED) is 0.854. The van der Waals surface area contributed by atoms with E-state index >= 15 is 0 Å². The predicted octanol–water partition coefficient (Wildman–Crippen LogP) is 4.43. The van der Waals surface area contributed by atoms with Crippen LogP contribution < -0.4 is 5.32 Å². The summed E-state index contributed by atoms with van der Waals surface area (Å²) in [6.45, 7) is 0. The molecule has 2 N–H and O–H groups in total. The Kier molecular flexibility index (Phi) is 3.92. The van der Waals surface area contributed by atoms with Gasteiger partial charge in [-0.3, -0.25) is 4.79 Å². The summed E-state index contributed by atoms with van der Waals surface area (Å²) in [5.74, 6) is -0.442. The van der Waals surface area contributed by atoms with Crippen molar-refractivity contribution in [2.45, 2.75) is 0 Å². The Morgan fingerprint density at radius 3 is 2.45 bits per heavy atom. The van der Waals surface area contributed by atoms with E-state index in [9.17, 15) is 9.90 Å². The van der Waals surface area contributed by atoms with Gasteiger partial charge in [0.1, 0.15) is 0 Å². The fourth-order valence-electron chi connectivity index (χ4n) is 2.24. The lowest BCUT2D eigenvalue weighted by molar-refractivity contribution is -0.114. The summed E-state index contributed by atoms with van der Waals surface area (Å²) in [5, 5.41) is 13.9. The summed E-state index contributed by atoms with van der Waals surface area (Å²) in [4.78, 5) is 12.1. The summed E-state index contributed by atoms with van der Waals surface area (Å²) >= 11 is 12.0. The highest BCUT2D eigenvalue weighted by atomic mass is 35.5. The molecule has 2 aromatic carbocycles. The number of amides is 1. The van der Waals surface area contributed by atoms with Crippen LogP contribution >= 0.6 is 23.2 Å². The van der Waals surface area contributed by atoms with Crippen LogP contribution in [0.2, 0.25) is 10.0 Å². The molecule has 0 radical (unpaired) electrons. The molecule has 0 aliphatic carbocycles. The van der Waals surface area contributed by atoms with Gasteiger partial charge in [-0.05, 0) is 29.3 Å². The van der Waals surface area contributed by atoms with Crippen LogP contribution in [0.3, 0.4) is 0 Å². The number of aliphatic hydroxyl groups excluding tert-OH is 1. The molecule has 1 aliphatic rings. The Bertz CT molecular complexity index is 811. The van der Waals surface area contributed by atoms with Gasteiger partial charge in [0.15, 0.2) is 5.76 Å². The first kappa shape index (κ1) is 14.7. The molecule has 3 nitrogen and oxygen atoms in total. The Balaban J connectivity index is 2.05. The summed E-state index contributed by atoms with van der Waals surface area (Å²) in [7, 11) is 0. The van der Waals surface area contributed by atoms with Gasteiger partial charge >= 0.3 is 0 Å². The zero-order valence-electron chi connectivity index (χ0n) is 11.3. The van der Waals surface area contributed by atoms with Gasteiger partial charge in [0.05, 0.1) is 11.3 Å². The molecule has 22 heavy (non-hydrogen) atoms. The Morgan fingerprint density at radius 2 is 1.77 bits per heavy atom. The molecule has 3 rings (SSSR count). The minimum Gasteiger partial charge on any atom is -0.505 e. The number of halogens is 2. The van der Waals surface area contributed by atoms with Crippen molar-refractivity contribution < 1.29 is 9.90 Å². The normalized spacial score (nSPS) is 16.3. The van der Waals surface area contributed by atoms with Gasteiger partial charge in [-0.2, -0.15) is 0 Å². The van der Waals surface area contributed by atoms with Crippen LogP contribution in [-0.2, 0) is 4.79 Å². The van der Waals surface area contributed by atoms with Crippen molar-refractivity contribution in [2.24, 2.45) is 0 Å². The molecule has 0 atom stereocenters. The first-order chi connectivity index (χ1) is 10.6. The number of hydrogen-bond acceptors (Lipinski definition) is 2. The third-order valence-electron chi connectivity index (χ3n) is 3.29. The Hall–Kier alpha value is -2.23. The van der Waals surface area contributed by atoms with Crippen LogP contribution in [0.25, 0.3) is 11.6 Å². The number of carbonyl (C=O) groups excluding carboxylic acids is 1. The average molecular weight is 332 g/mol. The van der Waals surface area contributed by atoms with E-state index < -0.39 is 0 Å². The second-order valence-corrected chi connectivity index (χ2v) is 5.61. The minimum atomic E-state index is -0.347. The van der Waals surface area contributed by atoms with Crippen LogP contribution in [0.1, 0.15) is 11.1 Å². The van der Waals surface area contributed by atoms with Gasteiger partial charge in [-0.1, -0.05) is 59.6 Å². The van der Waals surface area contributed by atoms with Crippen LogP contribution in [-0.4, -0.2) is 11.0 Å². The number of rotatable bonds is 2. The van der Waals surface area contributed by atoms with E-state index in [1.54, 1.807) is 48.5 Å². The number of hydrogen-bond donors (Lipinski definition) is 2. The SMILES string of the molecule is O=C1N/C(=C/c2ccc(Cl)cc2Cl)C(O)=C1c1ccccc1. The molecule has 2 aromatic rings. The van der Waals surface area contributed by atoms with Crippen molar-refractivity contribution >= 4 is 40.8 Å². The molecule has 0 saturated carbocycles. The van der Waals surface area contributed by atoms with Crippen molar-refractivity contribution in [1.29, 1.82) is 0 Å². The third kappa shape index (κ3) is 2.73. The summed E-state index contributed by atoms with van der Waals surface area (Å²) < 4.78 is 0. The number of nitrogens with one attached hydrogen (secondary N) is 1. The summed E-state index contributed by atoms with van der Waals surface area (Å²) in [6, 6.07) is 14.0. The Morgan fingerprint density at radius 1 is 1.05 bits per heavy atom. The zero-order valence-corrected chi connectivity index (χ0v) is 12.8. The topological polar surface area (TPSA) is 49.3 Å². The standard InChI is InChI=1S/C17H11Cl2NO2/c18-12-7-6-11(13(19)9-12)8-14-16(21)15(17(22)20-14)10-4-2-1-3-5-10/h1-9,21H,(H,20,22)/b14-8+. The highest BCUT2D eigenvalue weighted by Gasteiger charge is 2.28. The van der Waals surface area contributed by atoms with E-state index in [1.165, 1.54) is 0 Å². The number of aliphatic hydroxyl groups is 1. The van der Waals surface area contributed by atoms with Gasteiger partial charge in [-0.25, -0.2) is 0 Å². The molecule has 0 fully saturated rings. The first-order valence-electron chi connectivity index (χ1n) is 6.53. The average Bonchev–Trinajstić information content (AvgIpc) is 2.77. The fourth-order valence-corrected chi connectivity index (χ4v) is 2.70. The van der Waals surface area contributed by atoms with Gasteiger partial charge in [0.2, 0.25) is 0 Å². The van der Waals surface area contributed by atoms with Crippen molar-refractivity contribution in [1.82, 2.24) is 5.32 Å². The molecule has 1 heterocycles. The Labute approximate surface area is 137 Å². The maximum Gasteiger partial charge on any atom is 0.260 e. The smallest absolute Gasteiger partial charge is 0.260 e. The van der Waals surface area contributed by atoms with E-state index in [4.69, 9.17) is 23.2 Å². The van der Waals surface area contributed by atoms with Crippen molar-refractivity contribution in [2.75, 3.05) is 0 Å². The van der Waals surface area contributed by atoms with E-state index in [2.05, 4.69) is 5.32 Å². The molecule has 0 saturated heterocycles. The molecule has 0 bridgehead atoms. The molecule has 110 valence electrons. The first-order valence-corrected chi connectivity index (χ1v) is 7.29. The number of benzene rings is 2. The summed E-state index contributed by atoms with van der Waals surface area (Å²) in [6.07, 6.45) is 1.61. The van der Waals surface area contributed by atoms with E-state index in [1.807, 2.05) is 6.07 Å². The van der Waals surface area contributed by atoms with E-state index in [0.29, 0.717) is 26.9 Å². The van der Waals surface area contributed by atoms with Crippen LogP contribution in [0.4, 0.5) is 0 Å². The maximum absolute atomic E-state index is 12.1. The molecule has 0 unspecified atom stereocenters. The van der Waals surface area contributed by atoms with Gasteiger partial charge < -0.3 is 10.4 Å². The van der Waals surface area contributed by atoms with Crippen LogP contribution in [0.15, 0.2) is 60.0 Å². The molecular weight excluding hydrogens is 321 g/mol. The predicted molar refractivity (Wildman–Crippen MR) is 88.6 cm³/mol. The van der Waals surface area contributed by atoms with Crippen LogP contribution in [0, 0.1) is 0 Å². The van der Waals surface area contributed by atoms with Crippen molar-refractivity contribution in [3.63, 3.8) is 0 Å². The lowest BCUT2D eigenvalue weighted by Gasteiger charge is -2.02. The lowest BCUT2D eigenvalue weighted by Crippen LogP contribution is -2.15. The third-order valence-corrected chi connectivity index (χ3v) is 3.85. The molecule has 0 aromatic heterocycles. The highest BCUT2D eigenvalue weighted by molar-refractivity contribution is 6.35. The molecule has 5 heteroatoms. The monoisotopic (exact) mass is 331 g/mol. The minimum absolute atomic E-state index is 0.0952. The lowest BCUT2D eigenvalue weighted by atomic mass is 10.1. The van der Waals surface area contributed by atoms with Gasteiger partial charge in [0.25, 0.3) is 5.91 Å². The highest BCUT2D eigenvalue weighted by Crippen LogP contribution is 2.30. The largest absolute Gasteiger partial charge is 0.505 e. The summed E-state index contributed by atoms with van der Waals surface area (Å²) in [5.41, 5.74) is 1.87. The van der Waals surface area contributed by atoms with E-state index in [-0.39, 0.29) is 17.2 Å². The molecule has 0 spiro atoms. The van der Waals surface area contributed by atoms with Crippen molar-refractivity contribution in [3.8, 4) is 0 Å². The van der Waals surface area contributed by atoms with Gasteiger partial charge in [-0.15, -0.1) is 0 Å². The zero-order chi connectivity index (χ0) is 15.7. The second-order valence-electron chi connectivity index (χ2n) is 4.77. The molecule has 1 amide bonds. The maximum atomic E-state index is 12.1. The van der Waals surface area contributed by atoms with E-state index in [0.717, 1.165) is 0 Å². The van der Waals surface area contributed by atoms with Crippen molar-refractivity contribution in [3.05, 3.63) is 81.2 Å². The fraction of sp³-hybridized carbons (Fsp3) is 0. The van der Waals surface area contributed by atoms with Crippen LogP contribution in [0.5, 0.6) is 0 Å². The number of carbonyl (C=O) groups is 1. The molecule has 1 aliphatic heterocycles. The van der Waals surface area contributed by atoms with Gasteiger partial charge in [0, 0.05) is 10.0 Å². The second kappa shape index (κ2) is 5.87.